The first-order chi connectivity index (χ1) is 16.2. The van der Waals surface area contributed by atoms with Crippen molar-refractivity contribution in [2.75, 3.05) is 32.1 Å². The molecule has 1 saturated heterocycles. The van der Waals surface area contributed by atoms with E-state index in [-0.39, 0.29) is 5.91 Å². The minimum atomic E-state index is 0.201. The predicted molar refractivity (Wildman–Crippen MR) is 130 cm³/mol. The molecule has 0 unspecified atom stereocenters. The normalized spacial score (nSPS) is 14.3. The predicted octanol–water partition coefficient (Wildman–Crippen LogP) is 4.07. The molecule has 1 amide bonds. The molecule has 0 atom stereocenters. The van der Waals surface area contributed by atoms with Gasteiger partial charge in [-0.15, -0.1) is 10.2 Å². The number of para-hydroxylation sites is 1. The van der Waals surface area contributed by atoms with Gasteiger partial charge >= 0.3 is 0 Å². The summed E-state index contributed by atoms with van der Waals surface area (Å²) < 4.78 is 7.54. The average Bonchev–Trinajstić information content (AvgIpc) is 3.16. The lowest BCUT2D eigenvalue weighted by atomic mass is 10.1. The van der Waals surface area contributed by atoms with Crippen LogP contribution < -0.4 is 0 Å². The monoisotopic (exact) mass is 461 g/mol. The fourth-order valence-corrected chi connectivity index (χ4v) is 4.87. The number of aryl methyl sites for hydroxylation is 1. The molecule has 0 bridgehead atoms. The molecule has 1 aliphatic rings. The first kappa shape index (κ1) is 21.9. The molecule has 2 aromatic heterocycles. The first-order valence-electron chi connectivity index (χ1n) is 11.3. The van der Waals surface area contributed by atoms with E-state index >= 15 is 0 Å². The minimum Gasteiger partial charge on any atom is -0.378 e. The number of hydrogen-bond acceptors (Lipinski definition) is 6. The van der Waals surface area contributed by atoms with Gasteiger partial charge in [-0.25, -0.2) is 4.98 Å². The number of hydrogen-bond donors (Lipinski definition) is 0. The van der Waals surface area contributed by atoms with Gasteiger partial charge in [0.1, 0.15) is 5.52 Å². The van der Waals surface area contributed by atoms with Gasteiger partial charge in [-0.1, -0.05) is 59.8 Å². The van der Waals surface area contributed by atoms with Crippen LogP contribution in [0.4, 0.5) is 0 Å². The summed E-state index contributed by atoms with van der Waals surface area (Å²) in [5.41, 5.74) is 5.24. The third kappa shape index (κ3) is 4.86. The molecular formula is C25H27N5O2S. The number of thioether (sulfide) groups is 1. The van der Waals surface area contributed by atoms with Crippen molar-refractivity contribution in [2.24, 2.45) is 0 Å². The molecule has 1 aliphatic heterocycles. The summed E-state index contributed by atoms with van der Waals surface area (Å²) in [5.74, 6) is 0.980. The lowest BCUT2D eigenvalue weighted by molar-refractivity contribution is -0.135. The molecule has 2 aromatic carbocycles. The lowest BCUT2D eigenvalue weighted by Crippen LogP contribution is -2.40. The van der Waals surface area contributed by atoms with Gasteiger partial charge in [0.05, 0.1) is 18.7 Å². The molecule has 5 rings (SSSR count). The van der Waals surface area contributed by atoms with Crippen molar-refractivity contribution in [3.05, 3.63) is 59.7 Å². The number of carbonyl (C=O) groups is 1. The lowest BCUT2D eigenvalue weighted by Gasteiger charge is -2.26. The van der Waals surface area contributed by atoms with E-state index in [1.807, 2.05) is 17.0 Å². The molecule has 7 nitrogen and oxygen atoms in total. The first-order valence-corrected chi connectivity index (χ1v) is 12.3. The van der Waals surface area contributed by atoms with Gasteiger partial charge in [-0.05, 0) is 25.0 Å². The van der Waals surface area contributed by atoms with Crippen molar-refractivity contribution in [1.82, 2.24) is 24.6 Å². The Labute approximate surface area is 197 Å². The third-order valence-electron chi connectivity index (χ3n) is 5.95. The summed E-state index contributed by atoms with van der Waals surface area (Å²) >= 11 is 1.56. The van der Waals surface area contributed by atoms with E-state index in [1.54, 1.807) is 11.8 Å². The van der Waals surface area contributed by atoms with Gasteiger partial charge in [-0.2, -0.15) is 0 Å². The Morgan fingerprint density at radius 2 is 1.85 bits per heavy atom. The molecule has 3 heterocycles. The molecule has 33 heavy (non-hydrogen) atoms. The highest BCUT2D eigenvalue weighted by molar-refractivity contribution is 7.99. The minimum absolute atomic E-state index is 0.201. The van der Waals surface area contributed by atoms with Crippen LogP contribution in [0.25, 0.3) is 22.1 Å². The second kappa shape index (κ2) is 9.89. The van der Waals surface area contributed by atoms with E-state index in [9.17, 15) is 4.79 Å². The molecule has 170 valence electrons. The molecule has 0 saturated carbocycles. The van der Waals surface area contributed by atoms with Crippen LogP contribution in [0.5, 0.6) is 0 Å². The van der Waals surface area contributed by atoms with Crippen LogP contribution in [-0.2, 0) is 16.1 Å². The zero-order valence-electron chi connectivity index (χ0n) is 18.7. The van der Waals surface area contributed by atoms with Crippen LogP contribution >= 0.6 is 11.8 Å². The number of benzene rings is 2. The summed E-state index contributed by atoms with van der Waals surface area (Å²) in [6, 6.07) is 16.8. The SMILES string of the molecule is Cc1ccc(Cn2c3ccccc3c3nnc(SCCCC(=O)N4CCOCC4)nc32)cc1. The Morgan fingerprint density at radius 1 is 1.06 bits per heavy atom. The Balaban J connectivity index is 1.32. The largest absolute Gasteiger partial charge is 0.378 e. The topological polar surface area (TPSA) is 73.1 Å². The van der Waals surface area contributed by atoms with Gasteiger partial charge in [-0.3, -0.25) is 4.79 Å². The number of amides is 1. The molecule has 1 fully saturated rings. The van der Waals surface area contributed by atoms with E-state index in [0.29, 0.717) is 37.9 Å². The fourth-order valence-electron chi connectivity index (χ4n) is 4.14. The number of nitrogens with zero attached hydrogens (tertiary/aromatic N) is 5. The fraction of sp³-hybridized carbons (Fsp3) is 0.360. The molecule has 0 N–H and O–H groups in total. The van der Waals surface area contributed by atoms with Crippen molar-refractivity contribution in [2.45, 2.75) is 31.5 Å². The van der Waals surface area contributed by atoms with Crippen molar-refractivity contribution in [3.8, 4) is 0 Å². The zero-order chi connectivity index (χ0) is 22.6. The zero-order valence-corrected chi connectivity index (χ0v) is 19.6. The van der Waals surface area contributed by atoms with E-state index in [1.165, 1.54) is 11.1 Å². The van der Waals surface area contributed by atoms with Crippen LogP contribution in [0.2, 0.25) is 0 Å². The Morgan fingerprint density at radius 3 is 2.67 bits per heavy atom. The van der Waals surface area contributed by atoms with E-state index in [0.717, 1.165) is 40.8 Å². The van der Waals surface area contributed by atoms with Crippen LogP contribution in [-0.4, -0.2) is 62.6 Å². The second-order valence-electron chi connectivity index (χ2n) is 8.30. The Kier molecular flexibility index (Phi) is 6.55. The number of aromatic nitrogens is 4. The van der Waals surface area contributed by atoms with E-state index in [2.05, 4.69) is 58.1 Å². The van der Waals surface area contributed by atoms with Crippen LogP contribution in [0.15, 0.2) is 53.7 Å². The Hall–Kier alpha value is -2.97. The average molecular weight is 462 g/mol. The molecule has 0 radical (unpaired) electrons. The number of fused-ring (bicyclic) bond motifs is 3. The standard InChI is InChI=1S/C25H27N5O2S/c1-18-8-10-19(11-9-18)17-30-21-6-3-2-5-20(21)23-24(30)26-25(28-27-23)33-16-4-7-22(31)29-12-14-32-15-13-29/h2-3,5-6,8-11H,4,7,12-17H2,1H3. The van der Waals surface area contributed by atoms with E-state index < -0.39 is 0 Å². The van der Waals surface area contributed by atoms with Gasteiger partial charge in [0.25, 0.3) is 0 Å². The number of ether oxygens (including phenoxy) is 1. The van der Waals surface area contributed by atoms with Gasteiger partial charge in [0.15, 0.2) is 5.65 Å². The molecular weight excluding hydrogens is 434 g/mol. The van der Waals surface area contributed by atoms with Crippen LogP contribution in [0.1, 0.15) is 24.0 Å². The number of rotatable bonds is 7. The van der Waals surface area contributed by atoms with E-state index in [4.69, 9.17) is 9.72 Å². The highest BCUT2D eigenvalue weighted by Crippen LogP contribution is 2.28. The maximum absolute atomic E-state index is 12.3. The van der Waals surface area contributed by atoms with Gasteiger partial charge in [0, 0.05) is 37.2 Å². The maximum atomic E-state index is 12.3. The highest BCUT2D eigenvalue weighted by atomic mass is 32.2. The summed E-state index contributed by atoms with van der Waals surface area (Å²) in [6.45, 7) is 5.48. The molecule has 0 aliphatic carbocycles. The van der Waals surface area contributed by atoms with Crippen LogP contribution in [0.3, 0.4) is 0 Å². The van der Waals surface area contributed by atoms with Crippen molar-refractivity contribution >= 4 is 39.7 Å². The van der Waals surface area contributed by atoms with Crippen molar-refractivity contribution < 1.29 is 9.53 Å². The van der Waals surface area contributed by atoms with Gasteiger partial charge in [0.2, 0.25) is 11.1 Å². The summed E-state index contributed by atoms with van der Waals surface area (Å²) in [5, 5.41) is 10.6. The summed E-state index contributed by atoms with van der Waals surface area (Å²) in [7, 11) is 0. The molecule has 0 spiro atoms. The summed E-state index contributed by atoms with van der Waals surface area (Å²) in [4.78, 5) is 19.1. The van der Waals surface area contributed by atoms with Crippen molar-refractivity contribution in [1.29, 1.82) is 0 Å². The second-order valence-corrected chi connectivity index (χ2v) is 9.36. The van der Waals surface area contributed by atoms with Gasteiger partial charge < -0.3 is 14.2 Å². The molecule has 8 heteroatoms. The quantitative estimate of drug-likeness (QED) is 0.305. The number of morpholine rings is 1. The maximum Gasteiger partial charge on any atom is 0.222 e. The van der Waals surface area contributed by atoms with Crippen molar-refractivity contribution in [3.63, 3.8) is 0 Å². The smallest absolute Gasteiger partial charge is 0.222 e. The summed E-state index contributed by atoms with van der Waals surface area (Å²) in [6.07, 6.45) is 1.32. The van der Waals surface area contributed by atoms with Crippen LogP contribution in [0, 0.1) is 6.92 Å². The highest BCUT2D eigenvalue weighted by Gasteiger charge is 2.17. The Bertz CT molecular complexity index is 1270. The molecule has 4 aromatic rings. The third-order valence-corrected chi connectivity index (χ3v) is 6.87. The number of carbonyl (C=O) groups excluding carboxylic acids is 1.